The molecule has 0 rings (SSSR count). The maximum atomic E-state index is 10.6. The summed E-state index contributed by atoms with van der Waals surface area (Å²) < 4.78 is 4.67. The van der Waals surface area contributed by atoms with Crippen molar-refractivity contribution in [3.8, 4) is 0 Å². The molecule has 0 bridgehead atoms. The molecule has 0 spiro atoms. The Morgan fingerprint density at radius 1 is 1.78 bits per heavy atom. The average Bonchev–Trinajstić information content (AvgIpc) is 1.63. The molecule has 1 unspecified atom stereocenters. The van der Waals surface area contributed by atoms with Crippen LogP contribution in [0.25, 0.3) is 0 Å². The average molecular weight is 129 g/mol. The molecule has 1 radical (unpaired) electrons. The van der Waals surface area contributed by atoms with E-state index in [0.717, 1.165) is 0 Å². The van der Waals surface area contributed by atoms with E-state index in [-0.39, 0.29) is 11.9 Å². The van der Waals surface area contributed by atoms with Gasteiger partial charge >= 0.3 is 5.97 Å². The van der Waals surface area contributed by atoms with E-state index in [1.54, 1.807) is 6.92 Å². The number of hydrogen-bond acceptors (Lipinski definition) is 2. The van der Waals surface area contributed by atoms with E-state index in [2.05, 4.69) is 11.7 Å². The minimum absolute atomic E-state index is 0.153. The van der Waals surface area contributed by atoms with Gasteiger partial charge < -0.3 is 4.74 Å². The number of ether oxygens (including phenoxy) is 1. The Morgan fingerprint density at radius 3 is 2.67 bits per heavy atom. The summed E-state index contributed by atoms with van der Waals surface area (Å²) in [6.45, 7) is 7.81. The van der Waals surface area contributed by atoms with E-state index in [4.69, 9.17) is 0 Å². The third-order valence-corrected chi connectivity index (χ3v) is 0.820. The van der Waals surface area contributed by atoms with Gasteiger partial charge in [0.25, 0.3) is 0 Å². The molecule has 0 aliphatic carbocycles. The van der Waals surface area contributed by atoms with E-state index < -0.39 is 0 Å². The first kappa shape index (κ1) is 8.47. The molecule has 2 heteroatoms. The molecule has 0 aromatic rings. The largest absolute Gasteiger partial charge is 0.466 e. The second kappa shape index (κ2) is 4.36. The number of hydrogen-bond donors (Lipinski definition) is 0. The summed E-state index contributed by atoms with van der Waals surface area (Å²) in [5.41, 5.74) is 0. The Bertz CT molecular complexity index is 86.9. The van der Waals surface area contributed by atoms with E-state index in [1.165, 1.54) is 0 Å². The SMILES string of the molecule is [CH2]C(C)CC(=O)OCC. The summed E-state index contributed by atoms with van der Waals surface area (Å²) >= 11 is 0. The van der Waals surface area contributed by atoms with Gasteiger partial charge in [-0.25, -0.2) is 0 Å². The maximum absolute atomic E-state index is 10.6. The van der Waals surface area contributed by atoms with Crippen molar-refractivity contribution in [2.24, 2.45) is 5.92 Å². The van der Waals surface area contributed by atoms with Crippen LogP contribution in [0.15, 0.2) is 0 Å². The van der Waals surface area contributed by atoms with Crippen LogP contribution in [-0.2, 0) is 9.53 Å². The van der Waals surface area contributed by atoms with Crippen LogP contribution >= 0.6 is 0 Å². The van der Waals surface area contributed by atoms with Crippen LogP contribution < -0.4 is 0 Å². The fourth-order valence-electron chi connectivity index (χ4n) is 0.504. The maximum Gasteiger partial charge on any atom is 0.306 e. The van der Waals surface area contributed by atoms with Crippen molar-refractivity contribution in [3.05, 3.63) is 6.92 Å². The van der Waals surface area contributed by atoms with Gasteiger partial charge in [0, 0.05) is 6.42 Å². The fraction of sp³-hybridized carbons (Fsp3) is 0.714. The summed E-state index contributed by atoms with van der Waals surface area (Å²) in [6.07, 6.45) is 0.424. The van der Waals surface area contributed by atoms with Crippen LogP contribution in [0.1, 0.15) is 20.3 Å². The van der Waals surface area contributed by atoms with Gasteiger partial charge in [-0.15, -0.1) is 0 Å². The normalized spacial score (nSPS) is 9.78. The molecule has 0 amide bonds. The zero-order chi connectivity index (χ0) is 7.28. The molecule has 53 valence electrons. The lowest BCUT2D eigenvalue weighted by Gasteiger charge is -2.02. The highest BCUT2D eigenvalue weighted by atomic mass is 16.5. The minimum Gasteiger partial charge on any atom is -0.466 e. The Balaban J connectivity index is 3.27. The van der Waals surface area contributed by atoms with Crippen LogP contribution in [-0.4, -0.2) is 12.6 Å². The van der Waals surface area contributed by atoms with Crippen LogP contribution in [0.4, 0.5) is 0 Å². The first-order chi connectivity index (χ1) is 4.16. The molecule has 0 saturated carbocycles. The molecular weight excluding hydrogens is 116 g/mol. The fourth-order valence-corrected chi connectivity index (χ4v) is 0.504. The number of carbonyl (C=O) groups is 1. The molecule has 0 heterocycles. The zero-order valence-electron chi connectivity index (χ0n) is 6.02. The topological polar surface area (TPSA) is 26.3 Å². The second-order valence-electron chi connectivity index (χ2n) is 2.11. The molecule has 0 aliphatic rings. The monoisotopic (exact) mass is 129 g/mol. The zero-order valence-corrected chi connectivity index (χ0v) is 6.02. The van der Waals surface area contributed by atoms with Crippen LogP contribution in [0.5, 0.6) is 0 Å². The van der Waals surface area contributed by atoms with Crippen LogP contribution in [0, 0.1) is 12.8 Å². The summed E-state index contributed by atoms with van der Waals surface area (Å²) in [5.74, 6) is 0.00375. The van der Waals surface area contributed by atoms with Crippen LogP contribution in [0.3, 0.4) is 0 Å². The molecule has 0 aromatic heterocycles. The molecule has 1 atom stereocenters. The van der Waals surface area contributed by atoms with Crippen LogP contribution in [0.2, 0.25) is 0 Å². The van der Waals surface area contributed by atoms with Crippen molar-refractivity contribution in [2.75, 3.05) is 6.61 Å². The van der Waals surface area contributed by atoms with Crippen molar-refractivity contribution in [1.82, 2.24) is 0 Å². The molecule has 0 saturated heterocycles. The van der Waals surface area contributed by atoms with E-state index in [1.807, 2.05) is 6.92 Å². The predicted octanol–water partition coefficient (Wildman–Crippen LogP) is 1.41. The first-order valence-corrected chi connectivity index (χ1v) is 3.15. The highest BCUT2D eigenvalue weighted by molar-refractivity contribution is 5.69. The van der Waals surface area contributed by atoms with Crippen molar-refractivity contribution in [2.45, 2.75) is 20.3 Å². The van der Waals surface area contributed by atoms with Crippen molar-refractivity contribution in [3.63, 3.8) is 0 Å². The summed E-state index contributed by atoms with van der Waals surface area (Å²) in [5, 5.41) is 0. The summed E-state index contributed by atoms with van der Waals surface area (Å²) in [4.78, 5) is 10.6. The van der Waals surface area contributed by atoms with E-state index >= 15 is 0 Å². The molecule has 0 aliphatic heterocycles. The van der Waals surface area contributed by atoms with Gasteiger partial charge in [-0.1, -0.05) is 6.92 Å². The Kier molecular flexibility index (Phi) is 4.10. The van der Waals surface area contributed by atoms with Gasteiger partial charge in [0.05, 0.1) is 6.61 Å². The standard InChI is InChI=1S/C7H13O2/c1-4-9-7(8)5-6(2)3/h6H,2,4-5H2,1,3H3. The van der Waals surface area contributed by atoms with Crippen molar-refractivity contribution >= 4 is 5.97 Å². The molecule has 9 heavy (non-hydrogen) atoms. The van der Waals surface area contributed by atoms with E-state index in [9.17, 15) is 4.79 Å². The van der Waals surface area contributed by atoms with Crippen molar-refractivity contribution < 1.29 is 9.53 Å². The first-order valence-electron chi connectivity index (χ1n) is 3.15. The van der Waals surface area contributed by atoms with Gasteiger partial charge in [-0.3, -0.25) is 4.79 Å². The van der Waals surface area contributed by atoms with Gasteiger partial charge in [-0.2, -0.15) is 0 Å². The quantitative estimate of drug-likeness (QED) is 0.538. The molecule has 0 aromatic carbocycles. The Hall–Kier alpha value is -0.530. The minimum atomic E-state index is -0.153. The lowest BCUT2D eigenvalue weighted by molar-refractivity contribution is -0.143. The van der Waals surface area contributed by atoms with Crippen molar-refractivity contribution in [1.29, 1.82) is 0 Å². The highest BCUT2D eigenvalue weighted by Crippen LogP contribution is 1.99. The number of carbonyl (C=O) groups excluding carboxylic acids is 1. The third-order valence-electron chi connectivity index (χ3n) is 0.820. The number of rotatable bonds is 3. The molecule has 2 nitrogen and oxygen atoms in total. The predicted molar refractivity (Wildman–Crippen MR) is 35.8 cm³/mol. The second-order valence-corrected chi connectivity index (χ2v) is 2.11. The lowest BCUT2D eigenvalue weighted by Crippen LogP contribution is -2.06. The lowest BCUT2D eigenvalue weighted by atomic mass is 10.1. The smallest absolute Gasteiger partial charge is 0.306 e. The highest BCUT2D eigenvalue weighted by Gasteiger charge is 2.03. The van der Waals surface area contributed by atoms with Gasteiger partial charge in [0.2, 0.25) is 0 Å². The third kappa shape index (κ3) is 5.34. The Morgan fingerprint density at radius 2 is 2.33 bits per heavy atom. The van der Waals surface area contributed by atoms with Gasteiger partial charge in [0.1, 0.15) is 0 Å². The summed E-state index contributed by atoms with van der Waals surface area (Å²) in [7, 11) is 0. The number of esters is 1. The van der Waals surface area contributed by atoms with E-state index in [0.29, 0.717) is 13.0 Å². The van der Waals surface area contributed by atoms with Gasteiger partial charge in [0.15, 0.2) is 0 Å². The molecular formula is C7H13O2. The molecule has 0 fully saturated rings. The summed E-state index contributed by atoms with van der Waals surface area (Å²) in [6, 6.07) is 0. The Labute approximate surface area is 56.2 Å². The molecule has 0 N–H and O–H groups in total. The van der Waals surface area contributed by atoms with Gasteiger partial charge in [-0.05, 0) is 19.8 Å².